The van der Waals surface area contributed by atoms with E-state index < -0.39 is 0 Å². The van der Waals surface area contributed by atoms with Gasteiger partial charge in [-0.2, -0.15) is 0 Å². The van der Waals surface area contributed by atoms with Crippen LogP contribution in [0.5, 0.6) is 0 Å². The molecule has 0 atom stereocenters. The Bertz CT molecular complexity index is 964. The van der Waals surface area contributed by atoms with Gasteiger partial charge >= 0.3 is 153 Å². The van der Waals surface area contributed by atoms with E-state index >= 15 is 0 Å². The predicted molar refractivity (Wildman–Crippen MR) is 99.9 cm³/mol. The van der Waals surface area contributed by atoms with Crippen LogP contribution in [0, 0.1) is 0 Å². The van der Waals surface area contributed by atoms with Gasteiger partial charge < -0.3 is 0 Å². The maximum atomic E-state index is 12.7. The van der Waals surface area contributed by atoms with Crippen LogP contribution in [-0.2, 0) is 14.1 Å². The molecule has 4 nitrogen and oxygen atoms in total. The summed E-state index contributed by atoms with van der Waals surface area (Å²) in [6, 6.07) is 20.0. The Morgan fingerprint density at radius 3 is 1.75 bits per heavy atom. The molecule has 1 heterocycles. The molecule has 0 bridgehead atoms. The molecule has 3 aromatic rings. The van der Waals surface area contributed by atoms with Gasteiger partial charge in [0.1, 0.15) is 0 Å². The van der Waals surface area contributed by atoms with Gasteiger partial charge in [-0.3, -0.25) is 0 Å². The van der Waals surface area contributed by atoms with E-state index in [2.05, 4.69) is 0 Å². The van der Waals surface area contributed by atoms with E-state index in [1.165, 1.54) is 4.57 Å². The van der Waals surface area contributed by atoms with Crippen molar-refractivity contribution in [1.82, 2.24) is 9.13 Å². The molecule has 0 aliphatic heterocycles. The van der Waals surface area contributed by atoms with Crippen LogP contribution in [0.1, 0.15) is 0 Å². The zero-order chi connectivity index (χ0) is 17.1. The van der Waals surface area contributed by atoms with E-state index in [-0.39, 0.29) is 41.2 Å². The summed E-state index contributed by atoms with van der Waals surface area (Å²) in [6.45, 7) is 0. The normalized spacial score (nSPS) is 10.8. The van der Waals surface area contributed by atoms with Gasteiger partial charge in [-0.05, 0) is 0 Å². The molecule has 6 heteroatoms. The summed E-state index contributed by atoms with van der Waals surface area (Å²) in [5, 5.41) is 0. The molecule has 3 rings (SSSR count). The molecular weight excluding hydrogens is 434 g/mol. The van der Waals surface area contributed by atoms with Crippen molar-refractivity contribution in [2.45, 2.75) is 0 Å². The molecule has 0 saturated carbocycles. The van der Waals surface area contributed by atoms with Gasteiger partial charge in [-0.1, -0.05) is 0 Å². The number of aromatic nitrogens is 2. The molecule has 122 valence electrons. The first-order valence-electron chi connectivity index (χ1n) is 7.33. The first kappa shape index (κ1) is 17.0. The topological polar surface area (TPSA) is 44.0 Å². The van der Waals surface area contributed by atoms with Gasteiger partial charge in [0, 0.05) is 0 Å². The monoisotopic (exact) mass is 452 g/mol. The predicted octanol–water partition coefficient (Wildman–Crippen LogP) is -1.61. The van der Waals surface area contributed by atoms with Crippen molar-refractivity contribution in [3.8, 4) is 0 Å². The fourth-order valence-corrected chi connectivity index (χ4v) is 7.08. The van der Waals surface area contributed by atoms with Gasteiger partial charge in [0.25, 0.3) is 0 Å². The van der Waals surface area contributed by atoms with Crippen LogP contribution in [0.25, 0.3) is 0 Å². The Labute approximate surface area is 152 Å². The summed E-state index contributed by atoms with van der Waals surface area (Å²) >= 11 is -0.220. The standard InChI is InChI=1S/C18H16N2O2Se2/c1-19-16(21)15(23-13-9-5-3-6-10-13)17(20(2)18(19)22)24-14-11-7-4-8-12-14/h3-12H,1-2H3. The average molecular weight is 450 g/mol. The summed E-state index contributed by atoms with van der Waals surface area (Å²) in [6.07, 6.45) is 0. The summed E-state index contributed by atoms with van der Waals surface area (Å²) in [4.78, 5) is 25.1. The minimum absolute atomic E-state index is 0.0888. The van der Waals surface area contributed by atoms with Crippen LogP contribution in [0.4, 0.5) is 0 Å². The van der Waals surface area contributed by atoms with E-state index in [1.807, 2.05) is 60.7 Å². The fraction of sp³-hybridized carbons (Fsp3) is 0.111. The second-order valence-electron chi connectivity index (χ2n) is 5.17. The summed E-state index contributed by atoms with van der Waals surface area (Å²) < 4.78 is 6.76. The number of rotatable bonds is 4. The number of hydrogen-bond acceptors (Lipinski definition) is 2. The van der Waals surface area contributed by atoms with Crippen molar-refractivity contribution < 1.29 is 0 Å². The Balaban J connectivity index is 2.15. The third-order valence-electron chi connectivity index (χ3n) is 3.49. The average Bonchev–Trinajstić information content (AvgIpc) is 2.63. The SMILES string of the molecule is Cn1c([Se]c2ccccc2)c([Se]c2ccccc2)c(=O)n(C)c1=O. The van der Waals surface area contributed by atoms with Crippen molar-refractivity contribution in [3.63, 3.8) is 0 Å². The van der Waals surface area contributed by atoms with Gasteiger partial charge in [0.15, 0.2) is 0 Å². The summed E-state index contributed by atoms with van der Waals surface area (Å²) in [5.74, 6) is 0. The molecule has 0 fully saturated rings. The molecule has 0 radical (unpaired) electrons. The van der Waals surface area contributed by atoms with Gasteiger partial charge in [0.2, 0.25) is 0 Å². The molecule has 0 amide bonds. The van der Waals surface area contributed by atoms with Crippen LogP contribution in [-0.4, -0.2) is 39.0 Å². The van der Waals surface area contributed by atoms with Gasteiger partial charge in [0.05, 0.1) is 0 Å². The van der Waals surface area contributed by atoms with Crippen LogP contribution in [0.15, 0.2) is 70.3 Å². The number of benzene rings is 2. The van der Waals surface area contributed by atoms with E-state index in [9.17, 15) is 9.59 Å². The second-order valence-corrected chi connectivity index (χ2v) is 9.67. The Morgan fingerprint density at radius 1 is 0.708 bits per heavy atom. The number of hydrogen-bond donors (Lipinski definition) is 0. The Morgan fingerprint density at radius 2 is 1.21 bits per heavy atom. The van der Waals surface area contributed by atoms with Crippen molar-refractivity contribution in [2.24, 2.45) is 14.1 Å². The zero-order valence-corrected chi connectivity index (χ0v) is 16.7. The molecule has 0 spiro atoms. The Kier molecular flexibility index (Phi) is 5.22. The van der Waals surface area contributed by atoms with Crippen molar-refractivity contribution in [2.75, 3.05) is 0 Å². The Hall–Kier alpha value is -1.84. The van der Waals surface area contributed by atoms with E-state index in [0.29, 0.717) is 0 Å². The maximum absolute atomic E-state index is 12.7. The van der Waals surface area contributed by atoms with Crippen molar-refractivity contribution in [1.29, 1.82) is 0 Å². The zero-order valence-electron chi connectivity index (χ0n) is 13.3. The third kappa shape index (κ3) is 3.47. The van der Waals surface area contributed by atoms with Crippen LogP contribution < -0.4 is 29.2 Å². The molecule has 24 heavy (non-hydrogen) atoms. The van der Waals surface area contributed by atoms with E-state index in [0.717, 1.165) is 18.0 Å². The first-order valence-corrected chi connectivity index (χ1v) is 10.8. The van der Waals surface area contributed by atoms with Crippen LogP contribution in [0.3, 0.4) is 0 Å². The van der Waals surface area contributed by atoms with Crippen LogP contribution in [0.2, 0.25) is 0 Å². The van der Waals surface area contributed by atoms with Crippen molar-refractivity contribution >= 4 is 47.9 Å². The third-order valence-corrected chi connectivity index (χ3v) is 8.89. The van der Waals surface area contributed by atoms with Crippen molar-refractivity contribution in [3.05, 3.63) is 81.5 Å². The molecule has 0 N–H and O–H groups in total. The van der Waals surface area contributed by atoms with E-state index in [1.54, 1.807) is 18.7 Å². The molecule has 0 aliphatic carbocycles. The summed E-state index contributed by atoms with van der Waals surface area (Å²) in [5.41, 5.74) is -0.435. The molecule has 2 aromatic carbocycles. The molecule has 1 aromatic heterocycles. The van der Waals surface area contributed by atoms with Gasteiger partial charge in [-0.15, -0.1) is 0 Å². The van der Waals surface area contributed by atoms with E-state index in [4.69, 9.17) is 0 Å². The van der Waals surface area contributed by atoms with Gasteiger partial charge in [-0.25, -0.2) is 0 Å². The minimum atomic E-state index is -0.264. The summed E-state index contributed by atoms with van der Waals surface area (Å²) in [7, 11) is 3.31. The van der Waals surface area contributed by atoms with Crippen LogP contribution >= 0.6 is 0 Å². The second kappa shape index (κ2) is 7.37. The number of nitrogens with zero attached hydrogens (tertiary/aromatic N) is 2. The molecular formula is C18H16N2O2Se2. The molecule has 0 aliphatic rings. The molecule has 0 unspecified atom stereocenters. The quantitative estimate of drug-likeness (QED) is 0.450. The first-order chi connectivity index (χ1) is 11.6. The fourth-order valence-electron chi connectivity index (χ4n) is 2.20. The molecule has 0 saturated heterocycles.